The smallest absolute Gasteiger partial charge is 0.252 e. The summed E-state index contributed by atoms with van der Waals surface area (Å²) < 4.78 is 10.3. The third-order valence-electron chi connectivity index (χ3n) is 3.50. The Morgan fingerprint density at radius 1 is 1.32 bits per heavy atom. The van der Waals surface area contributed by atoms with Gasteiger partial charge in [0.05, 0.1) is 11.6 Å². The molecule has 2 aromatic rings. The van der Waals surface area contributed by atoms with Gasteiger partial charge in [0.25, 0.3) is 5.89 Å². The summed E-state index contributed by atoms with van der Waals surface area (Å²) in [5.41, 5.74) is 4.00. The van der Waals surface area contributed by atoms with Crippen LogP contribution in [0.2, 0.25) is 0 Å². The van der Waals surface area contributed by atoms with Crippen molar-refractivity contribution in [2.75, 3.05) is 7.11 Å². The van der Waals surface area contributed by atoms with Crippen molar-refractivity contribution >= 4 is 5.57 Å². The Balaban J connectivity index is 2.03. The van der Waals surface area contributed by atoms with E-state index in [0.717, 1.165) is 22.7 Å². The van der Waals surface area contributed by atoms with E-state index in [1.165, 1.54) is 0 Å². The summed E-state index contributed by atoms with van der Waals surface area (Å²) in [5.74, 6) is 1.02. The van der Waals surface area contributed by atoms with Gasteiger partial charge in [0, 0.05) is 30.3 Å². The van der Waals surface area contributed by atoms with Crippen LogP contribution in [0.3, 0.4) is 0 Å². The summed E-state index contributed by atoms with van der Waals surface area (Å²) in [6.07, 6.45) is 3.91. The number of pyridine rings is 1. The van der Waals surface area contributed by atoms with Crippen LogP contribution in [0.5, 0.6) is 0 Å². The Kier molecular flexibility index (Phi) is 4.02. The van der Waals surface area contributed by atoms with E-state index in [4.69, 9.17) is 9.26 Å². The van der Waals surface area contributed by atoms with Crippen molar-refractivity contribution in [3.63, 3.8) is 0 Å². The van der Waals surface area contributed by atoms with E-state index in [2.05, 4.69) is 26.5 Å². The van der Waals surface area contributed by atoms with Gasteiger partial charge in [-0.05, 0) is 26.0 Å². The molecule has 0 fully saturated rings. The predicted octanol–water partition coefficient (Wildman–Crippen LogP) is 2.63. The zero-order valence-electron chi connectivity index (χ0n) is 12.8. The van der Waals surface area contributed by atoms with Gasteiger partial charge < -0.3 is 14.6 Å². The quantitative estimate of drug-likeness (QED) is 0.935. The molecule has 3 rings (SSSR count). The summed E-state index contributed by atoms with van der Waals surface area (Å²) in [7, 11) is 1.60. The van der Waals surface area contributed by atoms with Gasteiger partial charge in [-0.1, -0.05) is 17.3 Å². The van der Waals surface area contributed by atoms with E-state index in [1.54, 1.807) is 13.3 Å². The van der Waals surface area contributed by atoms with Crippen LogP contribution < -0.4 is 5.32 Å². The van der Waals surface area contributed by atoms with E-state index in [9.17, 15) is 0 Å². The van der Waals surface area contributed by atoms with E-state index in [1.807, 2.05) is 32.0 Å². The van der Waals surface area contributed by atoms with E-state index in [0.29, 0.717) is 18.3 Å². The minimum atomic E-state index is -0.00422. The first-order valence-corrected chi connectivity index (χ1v) is 7.08. The molecule has 1 aliphatic heterocycles. The van der Waals surface area contributed by atoms with Crippen LogP contribution in [-0.2, 0) is 11.3 Å². The van der Waals surface area contributed by atoms with Gasteiger partial charge in [-0.15, -0.1) is 0 Å². The molecule has 0 saturated heterocycles. The highest BCUT2D eigenvalue weighted by atomic mass is 16.5. The fourth-order valence-corrected chi connectivity index (χ4v) is 2.62. The summed E-state index contributed by atoms with van der Waals surface area (Å²) in [6.45, 7) is 4.34. The van der Waals surface area contributed by atoms with Crippen molar-refractivity contribution in [3.05, 3.63) is 59.3 Å². The van der Waals surface area contributed by atoms with E-state index < -0.39 is 0 Å². The maximum absolute atomic E-state index is 5.23. The van der Waals surface area contributed by atoms with E-state index in [-0.39, 0.29) is 5.92 Å². The topological polar surface area (TPSA) is 73.1 Å². The largest absolute Gasteiger partial charge is 0.375 e. The molecule has 0 aromatic carbocycles. The van der Waals surface area contributed by atoms with Crippen molar-refractivity contribution < 1.29 is 9.26 Å². The third-order valence-corrected chi connectivity index (χ3v) is 3.50. The summed E-state index contributed by atoms with van der Waals surface area (Å²) >= 11 is 0. The first-order chi connectivity index (χ1) is 10.7. The van der Waals surface area contributed by atoms with Crippen LogP contribution in [-0.4, -0.2) is 22.2 Å². The maximum atomic E-state index is 5.23. The molecule has 22 heavy (non-hydrogen) atoms. The number of rotatable bonds is 4. The molecule has 2 aromatic heterocycles. The zero-order chi connectivity index (χ0) is 15.5. The fraction of sp³-hybridized carbons (Fsp3) is 0.312. The lowest BCUT2D eigenvalue weighted by atomic mass is 9.89. The minimum absolute atomic E-state index is 0.00422. The fourth-order valence-electron chi connectivity index (χ4n) is 2.62. The van der Waals surface area contributed by atoms with Crippen LogP contribution in [0, 0.1) is 0 Å². The van der Waals surface area contributed by atoms with Crippen molar-refractivity contribution in [2.24, 2.45) is 0 Å². The summed E-state index contributed by atoms with van der Waals surface area (Å²) in [6, 6.07) is 5.89. The van der Waals surface area contributed by atoms with Gasteiger partial charge in [0.1, 0.15) is 6.61 Å². The standard InChI is InChI=1S/C16H18N4O2/c1-10-8-12(13-6-4-5-7-17-13)15(11(2)18-10)16-19-14(9-21-3)22-20-16/h4-8,12,18H,9H2,1-3H3. The number of ether oxygens (including phenoxy) is 1. The van der Waals surface area contributed by atoms with Crippen LogP contribution in [0.4, 0.5) is 0 Å². The van der Waals surface area contributed by atoms with Crippen LogP contribution in [0.1, 0.15) is 37.2 Å². The van der Waals surface area contributed by atoms with E-state index >= 15 is 0 Å². The summed E-state index contributed by atoms with van der Waals surface area (Å²) in [5, 5.41) is 7.42. The van der Waals surface area contributed by atoms with Crippen molar-refractivity contribution in [3.8, 4) is 0 Å². The van der Waals surface area contributed by atoms with Gasteiger partial charge in [-0.25, -0.2) is 0 Å². The van der Waals surface area contributed by atoms with Gasteiger partial charge in [-0.2, -0.15) is 4.98 Å². The first kappa shape index (κ1) is 14.5. The normalized spacial score (nSPS) is 18.1. The van der Waals surface area contributed by atoms with Gasteiger partial charge in [0.15, 0.2) is 0 Å². The molecule has 6 heteroatoms. The number of nitrogens with zero attached hydrogens (tertiary/aromatic N) is 3. The first-order valence-electron chi connectivity index (χ1n) is 7.08. The zero-order valence-corrected chi connectivity index (χ0v) is 12.8. The average molecular weight is 298 g/mol. The highest BCUT2D eigenvalue weighted by Gasteiger charge is 2.27. The van der Waals surface area contributed by atoms with Crippen LogP contribution in [0.25, 0.3) is 5.57 Å². The SMILES string of the molecule is COCc1nc(C2=C(C)NC(C)=CC2c2ccccn2)no1. The number of dihydropyridines is 1. The molecular formula is C16H18N4O2. The highest BCUT2D eigenvalue weighted by molar-refractivity contribution is 5.72. The van der Waals surface area contributed by atoms with Gasteiger partial charge >= 0.3 is 0 Å². The molecule has 6 nitrogen and oxygen atoms in total. The maximum Gasteiger partial charge on any atom is 0.252 e. The van der Waals surface area contributed by atoms with Crippen molar-refractivity contribution in [1.29, 1.82) is 0 Å². The third kappa shape index (κ3) is 2.78. The highest BCUT2D eigenvalue weighted by Crippen LogP contribution is 2.36. The molecule has 114 valence electrons. The predicted molar refractivity (Wildman–Crippen MR) is 81.5 cm³/mol. The molecule has 0 spiro atoms. The molecule has 1 N–H and O–H groups in total. The lowest BCUT2D eigenvalue weighted by Gasteiger charge is -2.24. The second-order valence-corrected chi connectivity index (χ2v) is 5.19. The Morgan fingerprint density at radius 3 is 2.91 bits per heavy atom. The number of hydrogen-bond acceptors (Lipinski definition) is 6. The number of nitrogens with one attached hydrogen (secondary N) is 1. The number of allylic oxidation sites excluding steroid dienone is 4. The molecule has 1 atom stereocenters. The Hall–Kier alpha value is -2.47. The Bertz CT molecular complexity index is 719. The molecule has 3 heterocycles. The second-order valence-electron chi connectivity index (χ2n) is 5.19. The molecule has 1 aliphatic rings. The minimum Gasteiger partial charge on any atom is -0.375 e. The average Bonchev–Trinajstić information content (AvgIpc) is 2.96. The second kappa shape index (κ2) is 6.11. The molecular weight excluding hydrogens is 280 g/mol. The molecule has 0 bridgehead atoms. The summed E-state index contributed by atoms with van der Waals surface area (Å²) in [4.78, 5) is 8.89. The number of methoxy groups -OCH3 is 1. The lowest BCUT2D eigenvalue weighted by Crippen LogP contribution is -2.20. The molecule has 0 saturated carbocycles. The molecule has 0 aliphatic carbocycles. The van der Waals surface area contributed by atoms with Gasteiger partial charge in [0.2, 0.25) is 5.82 Å². The number of aromatic nitrogens is 3. The Morgan fingerprint density at radius 2 is 2.18 bits per heavy atom. The molecule has 0 radical (unpaired) electrons. The van der Waals surface area contributed by atoms with Crippen molar-refractivity contribution in [1.82, 2.24) is 20.4 Å². The molecule has 1 unspecified atom stereocenters. The number of hydrogen-bond donors (Lipinski definition) is 1. The molecule has 0 amide bonds. The van der Waals surface area contributed by atoms with Gasteiger partial charge in [-0.3, -0.25) is 4.98 Å². The van der Waals surface area contributed by atoms with Crippen molar-refractivity contribution in [2.45, 2.75) is 26.4 Å². The van der Waals surface area contributed by atoms with Crippen LogP contribution >= 0.6 is 0 Å². The Labute approximate surface area is 128 Å². The lowest BCUT2D eigenvalue weighted by molar-refractivity contribution is 0.151. The monoisotopic (exact) mass is 298 g/mol. The van der Waals surface area contributed by atoms with Crippen LogP contribution in [0.15, 0.2) is 46.4 Å².